The Balaban J connectivity index is 2.31. The minimum atomic E-state index is 0.980. The molecule has 1 aliphatic rings. The molecular weight excluding hydrogens is 166 g/mol. The zero-order valence-corrected chi connectivity index (χ0v) is 7.82. The highest BCUT2D eigenvalue weighted by molar-refractivity contribution is 7.08. The van der Waals surface area contributed by atoms with Crippen LogP contribution in [0.5, 0.6) is 0 Å². The van der Waals surface area contributed by atoms with Crippen molar-refractivity contribution in [2.24, 2.45) is 0 Å². The molecule has 0 amide bonds. The zero-order chi connectivity index (χ0) is 8.39. The number of thiophene rings is 1. The standard InChI is InChI=1S/C10H11NS/c1-8-4-10(6-11-5-8)9-2-3-12-7-9/h2-4,6-7,11H,5H2,1H3. The summed E-state index contributed by atoms with van der Waals surface area (Å²) in [7, 11) is 0. The van der Waals surface area contributed by atoms with E-state index in [1.807, 2.05) is 0 Å². The van der Waals surface area contributed by atoms with Crippen LogP contribution in [0.15, 0.2) is 34.7 Å². The Hall–Kier alpha value is -1.02. The predicted octanol–water partition coefficient (Wildman–Crippen LogP) is 2.64. The molecule has 1 N–H and O–H groups in total. The first-order valence-corrected chi connectivity index (χ1v) is 4.94. The Morgan fingerprint density at radius 1 is 1.50 bits per heavy atom. The van der Waals surface area contributed by atoms with Crippen LogP contribution in [0.25, 0.3) is 5.57 Å². The summed E-state index contributed by atoms with van der Waals surface area (Å²) in [4.78, 5) is 0. The van der Waals surface area contributed by atoms with Gasteiger partial charge in [0.25, 0.3) is 0 Å². The molecule has 0 aliphatic carbocycles. The Morgan fingerprint density at radius 2 is 2.42 bits per heavy atom. The van der Waals surface area contributed by atoms with Crippen LogP contribution in [-0.2, 0) is 0 Å². The average molecular weight is 177 g/mol. The molecule has 0 saturated heterocycles. The molecule has 0 saturated carbocycles. The van der Waals surface area contributed by atoms with Gasteiger partial charge in [-0.2, -0.15) is 11.3 Å². The van der Waals surface area contributed by atoms with Crippen LogP contribution in [-0.4, -0.2) is 6.54 Å². The maximum Gasteiger partial charge on any atom is 0.0355 e. The second-order valence-electron chi connectivity index (χ2n) is 2.98. The van der Waals surface area contributed by atoms with Crippen LogP contribution in [0.2, 0.25) is 0 Å². The second kappa shape index (κ2) is 3.15. The van der Waals surface area contributed by atoms with Crippen molar-refractivity contribution < 1.29 is 0 Å². The van der Waals surface area contributed by atoms with Crippen molar-refractivity contribution in [2.75, 3.05) is 6.54 Å². The number of hydrogen-bond donors (Lipinski definition) is 1. The Kier molecular flexibility index (Phi) is 2.00. The maximum absolute atomic E-state index is 3.25. The lowest BCUT2D eigenvalue weighted by molar-refractivity contribution is 0.925. The molecule has 0 spiro atoms. The molecule has 0 bridgehead atoms. The Labute approximate surface area is 76.4 Å². The summed E-state index contributed by atoms with van der Waals surface area (Å²) in [6.45, 7) is 3.13. The summed E-state index contributed by atoms with van der Waals surface area (Å²) >= 11 is 1.74. The molecule has 0 aromatic carbocycles. The van der Waals surface area contributed by atoms with Crippen molar-refractivity contribution in [3.05, 3.63) is 40.2 Å². The molecule has 62 valence electrons. The van der Waals surface area contributed by atoms with Crippen molar-refractivity contribution in [1.82, 2.24) is 5.32 Å². The van der Waals surface area contributed by atoms with E-state index in [-0.39, 0.29) is 0 Å². The van der Waals surface area contributed by atoms with Crippen LogP contribution >= 0.6 is 11.3 Å². The van der Waals surface area contributed by atoms with Crippen molar-refractivity contribution >= 4 is 16.9 Å². The molecule has 2 heteroatoms. The third kappa shape index (κ3) is 1.43. The van der Waals surface area contributed by atoms with Gasteiger partial charge < -0.3 is 5.32 Å². The highest BCUT2D eigenvalue weighted by Gasteiger charge is 2.03. The number of dihydropyridines is 1. The molecule has 1 nitrogen and oxygen atoms in total. The first-order chi connectivity index (χ1) is 5.86. The van der Waals surface area contributed by atoms with Gasteiger partial charge in [-0.05, 0) is 34.9 Å². The van der Waals surface area contributed by atoms with Crippen LogP contribution in [0.1, 0.15) is 12.5 Å². The molecule has 0 fully saturated rings. The summed E-state index contributed by atoms with van der Waals surface area (Å²) in [5, 5.41) is 7.52. The largest absolute Gasteiger partial charge is 0.387 e. The summed E-state index contributed by atoms with van der Waals surface area (Å²) in [5.41, 5.74) is 3.99. The van der Waals surface area contributed by atoms with E-state index >= 15 is 0 Å². The van der Waals surface area contributed by atoms with Gasteiger partial charge in [0.05, 0.1) is 0 Å². The Bertz CT molecular complexity index is 320. The van der Waals surface area contributed by atoms with Gasteiger partial charge in [-0.3, -0.25) is 0 Å². The predicted molar refractivity (Wildman–Crippen MR) is 54.1 cm³/mol. The zero-order valence-electron chi connectivity index (χ0n) is 7.00. The molecule has 0 unspecified atom stereocenters. The van der Waals surface area contributed by atoms with Gasteiger partial charge in [0, 0.05) is 12.7 Å². The fourth-order valence-corrected chi connectivity index (χ4v) is 1.94. The van der Waals surface area contributed by atoms with E-state index in [0.717, 1.165) is 6.54 Å². The number of rotatable bonds is 1. The lowest BCUT2D eigenvalue weighted by atomic mass is 10.1. The third-order valence-electron chi connectivity index (χ3n) is 1.89. The van der Waals surface area contributed by atoms with E-state index < -0.39 is 0 Å². The average Bonchev–Trinajstić information content (AvgIpc) is 2.56. The lowest BCUT2D eigenvalue weighted by Gasteiger charge is -2.11. The Morgan fingerprint density at radius 3 is 3.08 bits per heavy atom. The minimum absolute atomic E-state index is 0.980. The highest BCUT2D eigenvalue weighted by Crippen LogP contribution is 2.21. The monoisotopic (exact) mass is 177 g/mol. The van der Waals surface area contributed by atoms with E-state index in [4.69, 9.17) is 0 Å². The van der Waals surface area contributed by atoms with Crippen molar-refractivity contribution in [3.8, 4) is 0 Å². The lowest BCUT2D eigenvalue weighted by Crippen LogP contribution is -2.12. The van der Waals surface area contributed by atoms with Crippen molar-refractivity contribution in [2.45, 2.75) is 6.92 Å². The molecule has 1 aromatic heterocycles. The molecule has 0 atom stereocenters. The van der Waals surface area contributed by atoms with Crippen molar-refractivity contribution in [3.63, 3.8) is 0 Å². The van der Waals surface area contributed by atoms with E-state index in [2.05, 4.69) is 41.3 Å². The fraction of sp³-hybridized carbons (Fsp3) is 0.200. The molecule has 12 heavy (non-hydrogen) atoms. The van der Waals surface area contributed by atoms with Gasteiger partial charge in [-0.1, -0.05) is 11.6 Å². The molecule has 2 heterocycles. The van der Waals surface area contributed by atoms with Crippen molar-refractivity contribution in [1.29, 1.82) is 0 Å². The molecule has 1 aromatic rings. The molecule has 1 aliphatic heterocycles. The van der Waals surface area contributed by atoms with Crippen LogP contribution < -0.4 is 5.32 Å². The van der Waals surface area contributed by atoms with Gasteiger partial charge in [0.2, 0.25) is 0 Å². The number of allylic oxidation sites excluding steroid dienone is 2. The summed E-state index contributed by atoms with van der Waals surface area (Å²) in [6, 6.07) is 2.15. The third-order valence-corrected chi connectivity index (χ3v) is 2.58. The molecular formula is C10H11NS. The number of nitrogens with one attached hydrogen (secondary N) is 1. The summed E-state index contributed by atoms with van der Waals surface area (Å²) in [6.07, 6.45) is 4.31. The summed E-state index contributed by atoms with van der Waals surface area (Å²) < 4.78 is 0. The van der Waals surface area contributed by atoms with E-state index in [1.165, 1.54) is 16.7 Å². The molecule has 2 rings (SSSR count). The first-order valence-electron chi connectivity index (χ1n) is 3.99. The second-order valence-corrected chi connectivity index (χ2v) is 3.76. The van der Waals surface area contributed by atoms with Gasteiger partial charge in [0.1, 0.15) is 0 Å². The van der Waals surface area contributed by atoms with E-state index in [9.17, 15) is 0 Å². The van der Waals surface area contributed by atoms with Gasteiger partial charge in [-0.25, -0.2) is 0 Å². The fourth-order valence-electron chi connectivity index (χ4n) is 1.28. The van der Waals surface area contributed by atoms with Gasteiger partial charge in [0.15, 0.2) is 0 Å². The minimum Gasteiger partial charge on any atom is -0.387 e. The van der Waals surface area contributed by atoms with Gasteiger partial charge in [-0.15, -0.1) is 0 Å². The SMILES string of the molecule is CC1=CC(c2ccsc2)=CNC1. The first kappa shape index (κ1) is 7.62. The number of hydrogen-bond acceptors (Lipinski definition) is 2. The summed E-state index contributed by atoms with van der Waals surface area (Å²) in [5.74, 6) is 0. The van der Waals surface area contributed by atoms with Crippen LogP contribution in [0.4, 0.5) is 0 Å². The van der Waals surface area contributed by atoms with E-state index in [1.54, 1.807) is 11.3 Å². The van der Waals surface area contributed by atoms with E-state index in [0.29, 0.717) is 0 Å². The maximum atomic E-state index is 3.25. The van der Waals surface area contributed by atoms with Gasteiger partial charge >= 0.3 is 0 Å². The quantitative estimate of drug-likeness (QED) is 0.695. The topological polar surface area (TPSA) is 12.0 Å². The smallest absolute Gasteiger partial charge is 0.0355 e. The van der Waals surface area contributed by atoms with Crippen LogP contribution in [0.3, 0.4) is 0 Å². The highest BCUT2D eigenvalue weighted by atomic mass is 32.1. The van der Waals surface area contributed by atoms with Crippen LogP contribution in [0, 0.1) is 0 Å². The normalized spacial score (nSPS) is 16.4. The molecule has 0 radical (unpaired) electrons.